The largest absolute Gasteiger partial charge is 0.393 e. The molecule has 2 rings (SSSR count). The van der Waals surface area contributed by atoms with Gasteiger partial charge < -0.3 is 10.4 Å². The summed E-state index contributed by atoms with van der Waals surface area (Å²) >= 11 is 0. The summed E-state index contributed by atoms with van der Waals surface area (Å²) in [4.78, 5) is 2.67. The van der Waals surface area contributed by atoms with Crippen molar-refractivity contribution in [1.82, 2.24) is 10.2 Å². The van der Waals surface area contributed by atoms with Gasteiger partial charge in [0.05, 0.1) is 6.10 Å². The summed E-state index contributed by atoms with van der Waals surface area (Å²) in [5.41, 5.74) is 0.323. The molecule has 0 saturated carbocycles. The highest BCUT2D eigenvalue weighted by Gasteiger charge is 2.40. The molecule has 0 spiro atoms. The third kappa shape index (κ3) is 3.06. The molecule has 0 aromatic carbocycles. The fourth-order valence-electron chi connectivity index (χ4n) is 3.90. The second-order valence-corrected chi connectivity index (χ2v) is 7.24. The molecule has 3 heteroatoms. The maximum Gasteiger partial charge on any atom is 0.0570 e. The number of fused-ring (bicyclic) bond motifs is 2. The van der Waals surface area contributed by atoms with E-state index in [-0.39, 0.29) is 6.10 Å². The fourth-order valence-corrected chi connectivity index (χ4v) is 3.90. The summed E-state index contributed by atoms with van der Waals surface area (Å²) in [6, 6.07) is 1.87. The Bertz CT molecular complexity index is 260. The van der Waals surface area contributed by atoms with Crippen LogP contribution in [0.25, 0.3) is 0 Å². The minimum atomic E-state index is -0.0403. The molecule has 2 N–H and O–H groups in total. The lowest BCUT2D eigenvalue weighted by Gasteiger charge is -2.39. The minimum Gasteiger partial charge on any atom is -0.393 e. The molecule has 2 bridgehead atoms. The Balaban J connectivity index is 1.87. The van der Waals surface area contributed by atoms with Crippen LogP contribution in [0.3, 0.4) is 0 Å². The number of nitrogens with zero attached hydrogens (tertiary/aromatic N) is 1. The van der Waals surface area contributed by atoms with Crippen LogP contribution in [0.15, 0.2) is 0 Å². The van der Waals surface area contributed by atoms with Crippen LogP contribution in [0.5, 0.6) is 0 Å². The fraction of sp³-hybridized carbons (Fsp3) is 1.00. The van der Waals surface area contributed by atoms with Gasteiger partial charge in [0.2, 0.25) is 0 Å². The molecule has 2 saturated heterocycles. The molecule has 3 atom stereocenters. The number of hydrogen-bond acceptors (Lipinski definition) is 3. The number of rotatable bonds is 4. The lowest BCUT2D eigenvalue weighted by molar-refractivity contribution is 0.0313. The van der Waals surface area contributed by atoms with Gasteiger partial charge in [0.15, 0.2) is 0 Å². The SMILES string of the molecule is CNC(CCN1C2CCC1CC(O)C2)C(C)(C)C. The van der Waals surface area contributed by atoms with E-state index in [0.29, 0.717) is 23.5 Å². The van der Waals surface area contributed by atoms with Gasteiger partial charge in [0.25, 0.3) is 0 Å². The number of nitrogens with one attached hydrogen (secondary N) is 1. The van der Waals surface area contributed by atoms with Gasteiger partial charge in [0, 0.05) is 24.7 Å². The monoisotopic (exact) mass is 254 g/mol. The van der Waals surface area contributed by atoms with Gasteiger partial charge >= 0.3 is 0 Å². The molecule has 0 aromatic rings. The lowest BCUT2D eigenvalue weighted by Crippen LogP contribution is -2.48. The Kier molecular flexibility index (Phi) is 4.35. The van der Waals surface area contributed by atoms with Crippen molar-refractivity contribution in [3.8, 4) is 0 Å². The summed E-state index contributed by atoms with van der Waals surface area (Å²) in [6.45, 7) is 8.11. The summed E-state index contributed by atoms with van der Waals surface area (Å²) in [5, 5.41) is 13.3. The predicted molar refractivity (Wildman–Crippen MR) is 75.7 cm³/mol. The van der Waals surface area contributed by atoms with Crippen molar-refractivity contribution in [3.05, 3.63) is 0 Å². The molecular weight excluding hydrogens is 224 g/mol. The average molecular weight is 254 g/mol. The van der Waals surface area contributed by atoms with Gasteiger partial charge in [-0.1, -0.05) is 20.8 Å². The molecule has 18 heavy (non-hydrogen) atoms. The predicted octanol–water partition coefficient (Wildman–Crippen LogP) is 2.00. The van der Waals surface area contributed by atoms with Crippen LogP contribution in [0.1, 0.15) is 52.9 Å². The molecule has 0 radical (unpaired) electrons. The molecular formula is C15H30N2O. The molecule has 3 unspecified atom stereocenters. The Morgan fingerprint density at radius 1 is 1.22 bits per heavy atom. The highest BCUT2D eigenvalue weighted by Crippen LogP contribution is 2.36. The van der Waals surface area contributed by atoms with E-state index in [1.165, 1.54) is 25.8 Å². The Morgan fingerprint density at radius 3 is 2.22 bits per heavy atom. The van der Waals surface area contributed by atoms with Crippen molar-refractivity contribution in [2.75, 3.05) is 13.6 Å². The number of aliphatic hydroxyl groups is 1. The Morgan fingerprint density at radius 2 is 1.78 bits per heavy atom. The maximum atomic E-state index is 9.82. The molecule has 3 nitrogen and oxygen atoms in total. The van der Waals surface area contributed by atoms with E-state index in [1.807, 2.05) is 0 Å². The summed E-state index contributed by atoms with van der Waals surface area (Å²) in [6.07, 6.45) is 5.75. The van der Waals surface area contributed by atoms with Crippen molar-refractivity contribution in [2.24, 2.45) is 5.41 Å². The summed E-state index contributed by atoms with van der Waals surface area (Å²) in [7, 11) is 2.07. The van der Waals surface area contributed by atoms with Crippen LogP contribution in [0.4, 0.5) is 0 Å². The Hall–Kier alpha value is -0.120. The van der Waals surface area contributed by atoms with Crippen LogP contribution >= 0.6 is 0 Å². The van der Waals surface area contributed by atoms with E-state index < -0.39 is 0 Å². The van der Waals surface area contributed by atoms with Crippen LogP contribution < -0.4 is 5.32 Å². The van der Waals surface area contributed by atoms with Crippen molar-refractivity contribution >= 4 is 0 Å². The van der Waals surface area contributed by atoms with E-state index in [9.17, 15) is 5.11 Å². The topological polar surface area (TPSA) is 35.5 Å². The molecule has 2 aliphatic heterocycles. The highest BCUT2D eigenvalue weighted by atomic mass is 16.3. The number of piperidine rings is 1. The van der Waals surface area contributed by atoms with Crippen LogP contribution in [0.2, 0.25) is 0 Å². The average Bonchev–Trinajstić information content (AvgIpc) is 2.51. The first-order valence-corrected chi connectivity index (χ1v) is 7.53. The van der Waals surface area contributed by atoms with Crippen LogP contribution in [0, 0.1) is 5.41 Å². The van der Waals surface area contributed by atoms with Crippen molar-refractivity contribution in [2.45, 2.75) is 77.1 Å². The van der Waals surface area contributed by atoms with Crippen LogP contribution in [-0.4, -0.2) is 47.8 Å². The Labute approximate surface area is 112 Å². The second kappa shape index (κ2) is 5.48. The van der Waals surface area contributed by atoms with Crippen molar-refractivity contribution in [1.29, 1.82) is 0 Å². The summed E-state index contributed by atoms with van der Waals surface area (Å²) in [5.74, 6) is 0. The van der Waals surface area contributed by atoms with Crippen molar-refractivity contribution in [3.63, 3.8) is 0 Å². The van der Waals surface area contributed by atoms with Gasteiger partial charge in [-0.3, -0.25) is 4.90 Å². The first kappa shape index (κ1) is 14.3. The number of aliphatic hydroxyl groups excluding tert-OH is 1. The summed E-state index contributed by atoms with van der Waals surface area (Å²) < 4.78 is 0. The zero-order chi connectivity index (χ0) is 13.3. The normalized spacial score (nSPS) is 34.8. The minimum absolute atomic E-state index is 0.0403. The first-order valence-electron chi connectivity index (χ1n) is 7.53. The van der Waals surface area contributed by atoms with Crippen LogP contribution in [-0.2, 0) is 0 Å². The molecule has 2 fully saturated rings. The van der Waals surface area contributed by atoms with Gasteiger partial charge in [-0.2, -0.15) is 0 Å². The van der Waals surface area contributed by atoms with Gasteiger partial charge in [0.1, 0.15) is 0 Å². The molecule has 0 aliphatic carbocycles. The zero-order valence-electron chi connectivity index (χ0n) is 12.4. The third-order valence-electron chi connectivity index (χ3n) is 4.93. The second-order valence-electron chi connectivity index (χ2n) is 7.24. The quantitative estimate of drug-likeness (QED) is 0.805. The zero-order valence-corrected chi connectivity index (χ0v) is 12.4. The number of hydrogen-bond donors (Lipinski definition) is 2. The molecule has 2 aliphatic rings. The van der Waals surface area contributed by atoms with Gasteiger partial charge in [-0.05, 0) is 44.6 Å². The van der Waals surface area contributed by atoms with E-state index in [2.05, 4.69) is 38.0 Å². The lowest BCUT2D eigenvalue weighted by atomic mass is 9.84. The van der Waals surface area contributed by atoms with E-state index in [0.717, 1.165) is 12.8 Å². The first-order chi connectivity index (χ1) is 8.41. The van der Waals surface area contributed by atoms with Gasteiger partial charge in [-0.25, -0.2) is 0 Å². The third-order valence-corrected chi connectivity index (χ3v) is 4.93. The maximum absolute atomic E-state index is 9.82. The standard InChI is InChI=1S/C15H30N2O/c1-15(2,3)14(16-4)7-8-17-11-5-6-12(17)10-13(18)9-11/h11-14,16,18H,5-10H2,1-4H3. The molecule has 106 valence electrons. The van der Waals surface area contributed by atoms with E-state index in [4.69, 9.17) is 0 Å². The smallest absolute Gasteiger partial charge is 0.0570 e. The molecule has 0 amide bonds. The van der Waals surface area contributed by atoms with E-state index in [1.54, 1.807) is 0 Å². The molecule has 2 heterocycles. The van der Waals surface area contributed by atoms with Gasteiger partial charge in [-0.15, -0.1) is 0 Å². The van der Waals surface area contributed by atoms with E-state index >= 15 is 0 Å². The molecule has 0 aromatic heterocycles. The van der Waals surface area contributed by atoms with Crippen molar-refractivity contribution < 1.29 is 5.11 Å². The highest BCUT2D eigenvalue weighted by molar-refractivity contribution is 4.95.